The summed E-state index contributed by atoms with van der Waals surface area (Å²) in [4.78, 5) is 2.35. The van der Waals surface area contributed by atoms with Gasteiger partial charge in [0.05, 0.1) is 13.2 Å². The summed E-state index contributed by atoms with van der Waals surface area (Å²) in [5.74, 6) is 0.593. The van der Waals surface area contributed by atoms with Crippen molar-refractivity contribution in [1.82, 2.24) is 4.90 Å². The van der Waals surface area contributed by atoms with Gasteiger partial charge in [-0.1, -0.05) is 36.8 Å². The molecule has 2 aromatic rings. The van der Waals surface area contributed by atoms with E-state index in [-0.39, 0.29) is 17.3 Å². The van der Waals surface area contributed by atoms with E-state index in [9.17, 15) is 4.39 Å². The Labute approximate surface area is 148 Å². The van der Waals surface area contributed by atoms with Gasteiger partial charge in [-0.25, -0.2) is 4.39 Å². The fraction of sp³-hybridized carbons (Fsp3) is 0.429. The minimum absolute atomic E-state index is 0.0775. The molecule has 0 bridgehead atoms. The first-order chi connectivity index (χ1) is 12.2. The van der Waals surface area contributed by atoms with Crippen molar-refractivity contribution in [2.24, 2.45) is 5.73 Å². The third kappa shape index (κ3) is 2.64. The lowest BCUT2D eigenvalue weighted by Gasteiger charge is -2.46. The van der Waals surface area contributed by atoms with Crippen molar-refractivity contribution in [3.63, 3.8) is 0 Å². The molecule has 25 heavy (non-hydrogen) atoms. The number of nitrogens with zero attached hydrogens (tertiary/aromatic N) is 1. The molecule has 4 rings (SSSR count). The van der Waals surface area contributed by atoms with Crippen LogP contribution in [0, 0.1) is 5.82 Å². The summed E-state index contributed by atoms with van der Waals surface area (Å²) in [6.07, 6.45) is 3.61. The molecule has 1 aliphatic heterocycles. The maximum absolute atomic E-state index is 14.5. The molecule has 2 aliphatic rings. The zero-order valence-electron chi connectivity index (χ0n) is 14.7. The van der Waals surface area contributed by atoms with E-state index >= 15 is 0 Å². The van der Waals surface area contributed by atoms with Gasteiger partial charge in [0.25, 0.3) is 0 Å². The third-order valence-corrected chi connectivity index (χ3v) is 6.04. The maximum atomic E-state index is 14.5. The molecule has 1 saturated carbocycles. The SMILES string of the molecule is COc1ccc(F)c2c1CN(CC1(c3ccccc3)CCC1)C2CN. The first-order valence-corrected chi connectivity index (χ1v) is 9.03. The Hall–Kier alpha value is -1.91. The summed E-state index contributed by atoms with van der Waals surface area (Å²) in [6, 6.07) is 13.9. The van der Waals surface area contributed by atoms with Crippen LogP contribution in [0.15, 0.2) is 42.5 Å². The van der Waals surface area contributed by atoms with Crippen LogP contribution in [0.25, 0.3) is 0 Å². The Morgan fingerprint density at radius 2 is 1.96 bits per heavy atom. The number of ether oxygens (including phenoxy) is 1. The number of fused-ring (bicyclic) bond motifs is 1. The van der Waals surface area contributed by atoms with E-state index in [4.69, 9.17) is 10.5 Å². The average Bonchev–Trinajstić information content (AvgIpc) is 2.98. The Balaban J connectivity index is 1.67. The fourth-order valence-corrected chi connectivity index (χ4v) is 4.58. The van der Waals surface area contributed by atoms with Crippen LogP contribution in [0.1, 0.15) is 42.0 Å². The van der Waals surface area contributed by atoms with E-state index in [2.05, 4.69) is 35.2 Å². The average molecular weight is 340 g/mol. The molecule has 0 spiro atoms. The lowest BCUT2D eigenvalue weighted by Crippen LogP contribution is -2.46. The van der Waals surface area contributed by atoms with Gasteiger partial charge in [0.15, 0.2) is 0 Å². The van der Waals surface area contributed by atoms with Gasteiger partial charge in [-0.05, 0) is 30.5 Å². The minimum atomic E-state index is -0.170. The molecule has 2 aromatic carbocycles. The highest BCUT2D eigenvalue weighted by Crippen LogP contribution is 2.48. The van der Waals surface area contributed by atoms with E-state index in [1.54, 1.807) is 13.2 Å². The van der Waals surface area contributed by atoms with Crippen LogP contribution in [0.5, 0.6) is 5.75 Å². The second-order valence-electron chi connectivity index (χ2n) is 7.30. The van der Waals surface area contributed by atoms with Crippen molar-refractivity contribution in [1.29, 1.82) is 0 Å². The number of nitrogens with two attached hydrogens (primary N) is 1. The predicted molar refractivity (Wildman–Crippen MR) is 97.1 cm³/mol. The topological polar surface area (TPSA) is 38.5 Å². The smallest absolute Gasteiger partial charge is 0.128 e. The summed E-state index contributed by atoms with van der Waals surface area (Å²) in [5.41, 5.74) is 9.31. The second-order valence-corrected chi connectivity index (χ2v) is 7.30. The van der Waals surface area contributed by atoms with Gasteiger partial charge in [-0.3, -0.25) is 4.90 Å². The molecule has 2 N–H and O–H groups in total. The zero-order valence-corrected chi connectivity index (χ0v) is 14.7. The Kier molecular flexibility index (Phi) is 4.26. The molecule has 1 fully saturated rings. The van der Waals surface area contributed by atoms with Crippen molar-refractivity contribution >= 4 is 0 Å². The van der Waals surface area contributed by atoms with Crippen LogP contribution >= 0.6 is 0 Å². The molecule has 0 aromatic heterocycles. The van der Waals surface area contributed by atoms with Gasteiger partial charge in [0.2, 0.25) is 0 Å². The van der Waals surface area contributed by atoms with Gasteiger partial charge >= 0.3 is 0 Å². The Bertz CT molecular complexity index is 758. The second kappa shape index (κ2) is 6.43. The van der Waals surface area contributed by atoms with E-state index in [0.717, 1.165) is 23.4 Å². The summed E-state index contributed by atoms with van der Waals surface area (Å²) in [5, 5.41) is 0. The summed E-state index contributed by atoms with van der Waals surface area (Å²) < 4.78 is 20.0. The molecular formula is C21H25FN2O. The molecule has 3 nitrogen and oxygen atoms in total. The fourth-order valence-electron chi connectivity index (χ4n) is 4.58. The van der Waals surface area contributed by atoms with Crippen LogP contribution in [0.2, 0.25) is 0 Å². The predicted octanol–water partition coefficient (Wildman–Crippen LogP) is 3.77. The minimum Gasteiger partial charge on any atom is -0.496 e. The largest absolute Gasteiger partial charge is 0.496 e. The highest BCUT2D eigenvalue weighted by molar-refractivity contribution is 5.46. The third-order valence-electron chi connectivity index (χ3n) is 6.04. The van der Waals surface area contributed by atoms with Gasteiger partial charge in [-0.2, -0.15) is 0 Å². The molecule has 0 saturated heterocycles. The van der Waals surface area contributed by atoms with Gasteiger partial charge in [0, 0.05) is 36.2 Å². The van der Waals surface area contributed by atoms with Crippen molar-refractivity contribution in [3.8, 4) is 5.75 Å². The highest BCUT2D eigenvalue weighted by Gasteiger charge is 2.44. The van der Waals surface area contributed by atoms with Crippen molar-refractivity contribution < 1.29 is 9.13 Å². The summed E-state index contributed by atoms with van der Waals surface area (Å²) >= 11 is 0. The Morgan fingerprint density at radius 1 is 1.20 bits per heavy atom. The summed E-state index contributed by atoms with van der Waals surface area (Å²) in [7, 11) is 1.64. The van der Waals surface area contributed by atoms with Gasteiger partial charge in [0.1, 0.15) is 11.6 Å². The first-order valence-electron chi connectivity index (χ1n) is 9.03. The van der Waals surface area contributed by atoms with E-state index < -0.39 is 0 Å². The molecule has 1 unspecified atom stereocenters. The van der Waals surface area contributed by atoms with Crippen molar-refractivity contribution in [2.75, 3.05) is 20.2 Å². The zero-order chi connectivity index (χ0) is 17.4. The van der Waals surface area contributed by atoms with E-state index in [0.29, 0.717) is 13.1 Å². The molecule has 4 heteroatoms. The van der Waals surface area contributed by atoms with Crippen molar-refractivity contribution in [2.45, 2.75) is 37.3 Å². The normalized spacial score (nSPS) is 21.6. The molecule has 1 heterocycles. The number of hydrogen-bond acceptors (Lipinski definition) is 3. The molecule has 132 valence electrons. The van der Waals surface area contributed by atoms with Gasteiger partial charge in [-0.15, -0.1) is 0 Å². The number of methoxy groups -OCH3 is 1. The molecule has 0 radical (unpaired) electrons. The lowest BCUT2D eigenvalue weighted by molar-refractivity contribution is 0.111. The molecule has 0 amide bonds. The monoisotopic (exact) mass is 340 g/mol. The number of hydrogen-bond donors (Lipinski definition) is 1. The molecular weight excluding hydrogens is 315 g/mol. The van der Waals surface area contributed by atoms with Crippen LogP contribution < -0.4 is 10.5 Å². The van der Waals surface area contributed by atoms with E-state index in [1.165, 1.54) is 30.9 Å². The van der Waals surface area contributed by atoms with Crippen LogP contribution in [-0.4, -0.2) is 25.1 Å². The number of halogens is 1. The molecule has 1 atom stereocenters. The van der Waals surface area contributed by atoms with Crippen LogP contribution in [-0.2, 0) is 12.0 Å². The number of benzene rings is 2. The van der Waals surface area contributed by atoms with Crippen LogP contribution in [0.4, 0.5) is 4.39 Å². The first kappa shape index (κ1) is 16.6. The number of rotatable bonds is 5. The lowest BCUT2D eigenvalue weighted by atomic mass is 9.64. The highest BCUT2D eigenvalue weighted by atomic mass is 19.1. The quantitative estimate of drug-likeness (QED) is 0.900. The summed E-state index contributed by atoms with van der Waals surface area (Å²) in [6.45, 7) is 2.03. The standard InChI is InChI=1S/C21H25FN2O/c1-25-19-9-8-17(22)20-16(19)13-24(18(20)12-23)14-21(10-5-11-21)15-6-3-2-4-7-15/h2-4,6-9,18H,5,10-14,23H2,1H3. The van der Waals surface area contributed by atoms with Crippen LogP contribution in [0.3, 0.4) is 0 Å². The maximum Gasteiger partial charge on any atom is 0.128 e. The van der Waals surface area contributed by atoms with Gasteiger partial charge < -0.3 is 10.5 Å². The van der Waals surface area contributed by atoms with E-state index in [1.807, 2.05) is 0 Å². The molecule has 1 aliphatic carbocycles. The Morgan fingerprint density at radius 3 is 2.56 bits per heavy atom. The van der Waals surface area contributed by atoms with Crippen molar-refractivity contribution in [3.05, 3.63) is 65.0 Å².